The zero-order valence-electron chi connectivity index (χ0n) is 9.82. The van der Waals surface area contributed by atoms with Gasteiger partial charge in [-0.2, -0.15) is 0 Å². The summed E-state index contributed by atoms with van der Waals surface area (Å²) in [6.45, 7) is 2.42. The molecule has 1 saturated heterocycles. The molecule has 2 heterocycles. The molecule has 90 valence electrons. The summed E-state index contributed by atoms with van der Waals surface area (Å²) in [5, 5.41) is 4.67. The molecule has 4 nitrogen and oxygen atoms in total. The highest BCUT2D eigenvalue weighted by atomic mass is 16.5. The van der Waals surface area contributed by atoms with Gasteiger partial charge in [-0.25, -0.2) is 0 Å². The Hall–Kier alpha value is -1.52. The first-order valence-electron chi connectivity index (χ1n) is 5.84. The zero-order valence-corrected chi connectivity index (χ0v) is 9.82. The summed E-state index contributed by atoms with van der Waals surface area (Å²) in [5.74, 6) is 0.884. The van der Waals surface area contributed by atoms with E-state index in [0.29, 0.717) is 0 Å². The van der Waals surface area contributed by atoms with E-state index in [4.69, 9.17) is 9.47 Å². The summed E-state index contributed by atoms with van der Waals surface area (Å²) < 4.78 is 10.8. The number of rotatable bonds is 2. The van der Waals surface area contributed by atoms with Gasteiger partial charge in [-0.1, -0.05) is 0 Å². The van der Waals surface area contributed by atoms with Crippen molar-refractivity contribution < 1.29 is 9.47 Å². The van der Waals surface area contributed by atoms with Gasteiger partial charge in [0.2, 0.25) is 0 Å². The average Bonchev–Trinajstić information content (AvgIpc) is 2.82. The van der Waals surface area contributed by atoms with Crippen LogP contribution < -0.4 is 10.1 Å². The van der Waals surface area contributed by atoms with Gasteiger partial charge in [-0.3, -0.25) is 0 Å². The molecule has 0 radical (unpaired) electrons. The summed E-state index contributed by atoms with van der Waals surface area (Å²) in [6, 6.07) is 6.34. The maximum atomic E-state index is 5.50. The Balaban J connectivity index is 2.02. The van der Waals surface area contributed by atoms with Crippen LogP contribution in [-0.4, -0.2) is 31.9 Å². The second-order valence-electron chi connectivity index (χ2n) is 4.24. The van der Waals surface area contributed by atoms with Gasteiger partial charge in [-0.05, 0) is 23.8 Å². The second-order valence-corrected chi connectivity index (χ2v) is 4.24. The summed E-state index contributed by atoms with van der Waals surface area (Å²) in [7, 11) is 1.69. The Bertz CT molecular complexity index is 515. The van der Waals surface area contributed by atoms with Gasteiger partial charge in [0, 0.05) is 23.6 Å². The molecule has 1 fully saturated rings. The lowest BCUT2D eigenvalue weighted by molar-refractivity contribution is 0.0773. The molecule has 0 unspecified atom stereocenters. The highest BCUT2D eigenvalue weighted by Gasteiger charge is 2.18. The molecule has 2 N–H and O–H groups in total. The van der Waals surface area contributed by atoms with E-state index in [1.165, 1.54) is 10.9 Å². The molecule has 1 aliphatic rings. The number of fused-ring (bicyclic) bond motifs is 1. The van der Waals surface area contributed by atoms with Crippen molar-refractivity contribution in [1.82, 2.24) is 10.3 Å². The van der Waals surface area contributed by atoms with Crippen molar-refractivity contribution in [3.8, 4) is 5.75 Å². The summed E-state index contributed by atoms with van der Waals surface area (Å²) in [4.78, 5) is 3.29. The van der Waals surface area contributed by atoms with E-state index in [2.05, 4.69) is 22.6 Å². The number of methoxy groups -OCH3 is 1. The normalized spacial score (nSPS) is 20.6. The molecule has 1 aromatic heterocycles. The number of H-pyrrole nitrogens is 1. The van der Waals surface area contributed by atoms with E-state index in [-0.39, 0.29) is 6.04 Å². The molecule has 0 spiro atoms. The van der Waals surface area contributed by atoms with Crippen LogP contribution in [0.3, 0.4) is 0 Å². The van der Waals surface area contributed by atoms with Crippen LogP contribution in [0.15, 0.2) is 24.4 Å². The van der Waals surface area contributed by atoms with Gasteiger partial charge >= 0.3 is 0 Å². The second kappa shape index (κ2) is 4.39. The predicted octanol–water partition coefficient (Wildman–Crippen LogP) is 1.84. The van der Waals surface area contributed by atoms with E-state index in [9.17, 15) is 0 Å². The summed E-state index contributed by atoms with van der Waals surface area (Å²) in [5.41, 5.74) is 2.38. The molecule has 0 bridgehead atoms. The third-order valence-electron chi connectivity index (χ3n) is 3.22. The molecule has 0 amide bonds. The van der Waals surface area contributed by atoms with Crippen LogP contribution in [0.25, 0.3) is 10.9 Å². The quantitative estimate of drug-likeness (QED) is 0.830. The monoisotopic (exact) mass is 232 g/mol. The molecule has 1 aliphatic heterocycles. The minimum absolute atomic E-state index is 0.268. The largest absolute Gasteiger partial charge is 0.497 e. The topological polar surface area (TPSA) is 46.3 Å². The first-order chi connectivity index (χ1) is 8.38. The maximum Gasteiger partial charge on any atom is 0.119 e. The molecule has 0 saturated carbocycles. The Morgan fingerprint density at radius 3 is 3.12 bits per heavy atom. The molecule has 17 heavy (non-hydrogen) atoms. The van der Waals surface area contributed by atoms with Crippen LogP contribution in [0.4, 0.5) is 0 Å². The SMILES string of the molecule is COc1ccc2[nH]cc([C@H]3COCCN3)c2c1. The minimum atomic E-state index is 0.268. The van der Waals surface area contributed by atoms with Crippen molar-refractivity contribution in [3.63, 3.8) is 0 Å². The van der Waals surface area contributed by atoms with Gasteiger partial charge in [-0.15, -0.1) is 0 Å². The van der Waals surface area contributed by atoms with Crippen LogP contribution in [0, 0.1) is 0 Å². The fourth-order valence-electron chi connectivity index (χ4n) is 2.30. The Morgan fingerprint density at radius 2 is 2.35 bits per heavy atom. The maximum absolute atomic E-state index is 5.50. The van der Waals surface area contributed by atoms with Crippen molar-refractivity contribution >= 4 is 10.9 Å². The van der Waals surface area contributed by atoms with Crippen LogP contribution in [-0.2, 0) is 4.74 Å². The third kappa shape index (κ3) is 1.90. The number of hydrogen-bond acceptors (Lipinski definition) is 3. The van der Waals surface area contributed by atoms with Gasteiger partial charge in [0.1, 0.15) is 5.75 Å². The van der Waals surface area contributed by atoms with E-state index in [0.717, 1.165) is 31.0 Å². The summed E-state index contributed by atoms with van der Waals surface area (Å²) in [6.07, 6.45) is 2.05. The highest BCUT2D eigenvalue weighted by Crippen LogP contribution is 2.28. The van der Waals surface area contributed by atoms with Crippen molar-refractivity contribution in [3.05, 3.63) is 30.0 Å². The van der Waals surface area contributed by atoms with E-state index < -0.39 is 0 Å². The number of aromatic nitrogens is 1. The van der Waals surface area contributed by atoms with Gasteiger partial charge in [0.15, 0.2) is 0 Å². The molecular formula is C13H16N2O2. The number of benzene rings is 1. The fraction of sp³-hybridized carbons (Fsp3) is 0.385. The molecule has 3 rings (SSSR count). The van der Waals surface area contributed by atoms with E-state index in [1.54, 1.807) is 7.11 Å². The van der Waals surface area contributed by atoms with Crippen LogP contribution >= 0.6 is 0 Å². The lowest BCUT2D eigenvalue weighted by atomic mass is 10.1. The molecule has 2 aromatic rings. The van der Waals surface area contributed by atoms with Crippen LogP contribution in [0.5, 0.6) is 5.75 Å². The molecule has 4 heteroatoms. The highest BCUT2D eigenvalue weighted by molar-refractivity contribution is 5.85. The first-order valence-corrected chi connectivity index (χ1v) is 5.84. The summed E-state index contributed by atoms with van der Waals surface area (Å²) >= 11 is 0. The fourth-order valence-corrected chi connectivity index (χ4v) is 2.30. The molecule has 1 aromatic carbocycles. The molecule has 1 atom stereocenters. The number of ether oxygens (including phenoxy) is 2. The van der Waals surface area contributed by atoms with Gasteiger partial charge in [0.05, 0.1) is 26.4 Å². The lowest BCUT2D eigenvalue weighted by Crippen LogP contribution is -2.34. The zero-order chi connectivity index (χ0) is 11.7. The van der Waals surface area contributed by atoms with E-state index in [1.807, 2.05) is 12.1 Å². The van der Waals surface area contributed by atoms with Crippen LogP contribution in [0.1, 0.15) is 11.6 Å². The minimum Gasteiger partial charge on any atom is -0.497 e. The Kier molecular flexibility index (Phi) is 2.74. The Morgan fingerprint density at radius 1 is 1.41 bits per heavy atom. The lowest BCUT2D eigenvalue weighted by Gasteiger charge is -2.23. The molecular weight excluding hydrogens is 216 g/mol. The number of nitrogens with one attached hydrogen (secondary N) is 2. The van der Waals surface area contributed by atoms with E-state index >= 15 is 0 Å². The van der Waals surface area contributed by atoms with Gasteiger partial charge < -0.3 is 19.8 Å². The predicted molar refractivity (Wildman–Crippen MR) is 66.4 cm³/mol. The van der Waals surface area contributed by atoms with Crippen molar-refractivity contribution in [1.29, 1.82) is 0 Å². The van der Waals surface area contributed by atoms with Crippen LogP contribution in [0.2, 0.25) is 0 Å². The first kappa shape index (κ1) is 10.6. The standard InChI is InChI=1S/C13H16N2O2/c1-16-9-2-3-12-10(6-9)11(7-15-12)13-8-17-5-4-14-13/h2-3,6-7,13-15H,4-5,8H2,1H3/t13-/m1/s1. The van der Waals surface area contributed by atoms with Crippen molar-refractivity contribution in [2.45, 2.75) is 6.04 Å². The molecule has 0 aliphatic carbocycles. The number of hydrogen-bond donors (Lipinski definition) is 2. The van der Waals surface area contributed by atoms with Crippen molar-refractivity contribution in [2.24, 2.45) is 0 Å². The van der Waals surface area contributed by atoms with Crippen molar-refractivity contribution in [2.75, 3.05) is 26.9 Å². The third-order valence-corrected chi connectivity index (χ3v) is 3.22. The van der Waals surface area contributed by atoms with Gasteiger partial charge in [0.25, 0.3) is 0 Å². The number of aromatic amines is 1. The average molecular weight is 232 g/mol. The Labute approximate surface area is 99.9 Å². The smallest absolute Gasteiger partial charge is 0.119 e. The number of morpholine rings is 1.